The highest BCUT2D eigenvalue weighted by atomic mass is 19.1. The van der Waals surface area contributed by atoms with Gasteiger partial charge in [-0.25, -0.2) is 4.39 Å². The summed E-state index contributed by atoms with van der Waals surface area (Å²) < 4.78 is 18.9. The smallest absolute Gasteiger partial charge is 0.127 e. The molecular formula is C13H18FNO. The van der Waals surface area contributed by atoms with E-state index in [9.17, 15) is 4.39 Å². The molecule has 2 unspecified atom stereocenters. The summed E-state index contributed by atoms with van der Waals surface area (Å²) in [6, 6.07) is 7.15. The van der Waals surface area contributed by atoms with E-state index in [0.717, 1.165) is 19.4 Å². The molecule has 2 atom stereocenters. The molecule has 0 amide bonds. The van der Waals surface area contributed by atoms with E-state index in [-0.39, 0.29) is 18.0 Å². The number of ether oxygens (including phenoxy) is 1. The zero-order chi connectivity index (χ0) is 11.4. The molecule has 0 bridgehead atoms. The molecule has 1 aromatic carbocycles. The third-order valence-corrected chi connectivity index (χ3v) is 3.09. The van der Waals surface area contributed by atoms with Crippen LogP contribution < -0.4 is 5.32 Å². The Bertz CT molecular complexity index is 336. The van der Waals surface area contributed by atoms with Gasteiger partial charge in [0.05, 0.1) is 6.10 Å². The van der Waals surface area contributed by atoms with Crippen molar-refractivity contribution < 1.29 is 9.13 Å². The van der Waals surface area contributed by atoms with Gasteiger partial charge in [0.15, 0.2) is 0 Å². The molecule has 16 heavy (non-hydrogen) atoms. The molecule has 0 aliphatic carbocycles. The molecule has 1 heterocycles. The van der Waals surface area contributed by atoms with Gasteiger partial charge in [0, 0.05) is 24.8 Å². The Hall–Kier alpha value is -0.930. The van der Waals surface area contributed by atoms with Crippen molar-refractivity contribution in [3.05, 3.63) is 35.6 Å². The van der Waals surface area contributed by atoms with Crippen molar-refractivity contribution in [3.63, 3.8) is 0 Å². The second-order valence-corrected chi connectivity index (χ2v) is 4.31. The Labute approximate surface area is 95.8 Å². The van der Waals surface area contributed by atoms with Crippen LogP contribution in [0.2, 0.25) is 0 Å². The zero-order valence-electron chi connectivity index (χ0n) is 9.58. The molecule has 0 spiro atoms. The van der Waals surface area contributed by atoms with Gasteiger partial charge in [-0.15, -0.1) is 0 Å². The number of hydrogen-bond donors (Lipinski definition) is 1. The number of benzene rings is 1. The molecule has 1 aliphatic rings. The molecule has 88 valence electrons. The maximum atomic E-state index is 13.3. The molecule has 2 rings (SSSR count). The number of nitrogens with one attached hydrogen (secondary N) is 1. The summed E-state index contributed by atoms with van der Waals surface area (Å²) in [6.07, 6.45) is 2.52. The predicted octanol–water partition coefficient (Wildman–Crippen LogP) is 2.48. The summed E-state index contributed by atoms with van der Waals surface area (Å²) in [7, 11) is 0. The first-order chi connectivity index (χ1) is 7.77. The van der Waals surface area contributed by atoms with Gasteiger partial charge in [-0.3, -0.25) is 0 Å². The van der Waals surface area contributed by atoms with Crippen LogP contribution in [0.25, 0.3) is 0 Å². The second kappa shape index (κ2) is 5.41. The second-order valence-electron chi connectivity index (χ2n) is 4.31. The van der Waals surface area contributed by atoms with Crippen molar-refractivity contribution in [2.75, 3.05) is 6.61 Å². The average Bonchev–Trinajstić information content (AvgIpc) is 2.81. The summed E-state index contributed by atoms with van der Waals surface area (Å²) in [5, 5.41) is 3.32. The third-order valence-electron chi connectivity index (χ3n) is 3.09. The van der Waals surface area contributed by atoms with E-state index in [1.165, 1.54) is 6.07 Å². The van der Waals surface area contributed by atoms with Gasteiger partial charge in [-0.05, 0) is 25.8 Å². The van der Waals surface area contributed by atoms with Crippen LogP contribution >= 0.6 is 0 Å². The SMILES string of the molecule is CC(NCc1ccccc1F)C1CCCO1. The molecule has 0 saturated carbocycles. The summed E-state index contributed by atoms with van der Waals surface area (Å²) in [5.74, 6) is -0.144. The van der Waals surface area contributed by atoms with E-state index in [0.29, 0.717) is 12.1 Å². The van der Waals surface area contributed by atoms with Crippen molar-refractivity contribution >= 4 is 0 Å². The Morgan fingerprint density at radius 1 is 1.50 bits per heavy atom. The highest BCUT2D eigenvalue weighted by Gasteiger charge is 2.21. The highest BCUT2D eigenvalue weighted by molar-refractivity contribution is 5.17. The molecule has 1 N–H and O–H groups in total. The average molecular weight is 223 g/mol. The topological polar surface area (TPSA) is 21.3 Å². The van der Waals surface area contributed by atoms with Gasteiger partial charge in [-0.2, -0.15) is 0 Å². The van der Waals surface area contributed by atoms with Crippen molar-refractivity contribution in [2.24, 2.45) is 0 Å². The van der Waals surface area contributed by atoms with Gasteiger partial charge in [0.1, 0.15) is 5.82 Å². The first kappa shape index (κ1) is 11.6. The van der Waals surface area contributed by atoms with E-state index < -0.39 is 0 Å². The first-order valence-corrected chi connectivity index (χ1v) is 5.86. The normalized spacial score (nSPS) is 22.2. The summed E-state index contributed by atoms with van der Waals surface area (Å²) >= 11 is 0. The van der Waals surface area contributed by atoms with E-state index in [4.69, 9.17) is 4.74 Å². The third kappa shape index (κ3) is 2.80. The molecule has 1 fully saturated rings. The fourth-order valence-electron chi connectivity index (χ4n) is 2.04. The van der Waals surface area contributed by atoms with Crippen molar-refractivity contribution in [2.45, 2.75) is 38.5 Å². The Balaban J connectivity index is 1.84. The van der Waals surface area contributed by atoms with Crippen LogP contribution in [-0.4, -0.2) is 18.8 Å². The van der Waals surface area contributed by atoms with E-state index in [1.54, 1.807) is 6.07 Å². The zero-order valence-corrected chi connectivity index (χ0v) is 9.58. The predicted molar refractivity (Wildman–Crippen MR) is 61.7 cm³/mol. The van der Waals surface area contributed by atoms with Gasteiger partial charge < -0.3 is 10.1 Å². The summed E-state index contributed by atoms with van der Waals surface area (Å²) in [5.41, 5.74) is 0.715. The Kier molecular flexibility index (Phi) is 3.91. The lowest BCUT2D eigenvalue weighted by atomic mass is 10.1. The Morgan fingerprint density at radius 2 is 2.31 bits per heavy atom. The van der Waals surface area contributed by atoms with E-state index >= 15 is 0 Å². The van der Waals surface area contributed by atoms with Crippen LogP contribution in [0.3, 0.4) is 0 Å². The molecule has 2 nitrogen and oxygen atoms in total. The van der Waals surface area contributed by atoms with E-state index in [1.807, 2.05) is 12.1 Å². The molecule has 1 aromatic rings. The number of rotatable bonds is 4. The first-order valence-electron chi connectivity index (χ1n) is 5.86. The van der Waals surface area contributed by atoms with Crippen molar-refractivity contribution in [1.29, 1.82) is 0 Å². The van der Waals surface area contributed by atoms with Gasteiger partial charge in [0.25, 0.3) is 0 Å². The van der Waals surface area contributed by atoms with Crippen LogP contribution in [0.4, 0.5) is 4.39 Å². The summed E-state index contributed by atoms with van der Waals surface area (Å²) in [6.45, 7) is 3.51. The van der Waals surface area contributed by atoms with Gasteiger partial charge in [0.2, 0.25) is 0 Å². The highest BCUT2D eigenvalue weighted by Crippen LogP contribution is 2.16. The maximum absolute atomic E-state index is 13.3. The lowest BCUT2D eigenvalue weighted by molar-refractivity contribution is 0.0831. The Morgan fingerprint density at radius 3 is 3.00 bits per heavy atom. The number of hydrogen-bond acceptors (Lipinski definition) is 2. The monoisotopic (exact) mass is 223 g/mol. The minimum atomic E-state index is -0.144. The lowest BCUT2D eigenvalue weighted by Crippen LogP contribution is -2.36. The maximum Gasteiger partial charge on any atom is 0.127 e. The fourth-order valence-corrected chi connectivity index (χ4v) is 2.04. The van der Waals surface area contributed by atoms with Crippen LogP contribution in [0.5, 0.6) is 0 Å². The van der Waals surface area contributed by atoms with Gasteiger partial charge >= 0.3 is 0 Å². The molecule has 0 aromatic heterocycles. The lowest BCUT2D eigenvalue weighted by Gasteiger charge is -2.20. The molecule has 1 saturated heterocycles. The van der Waals surface area contributed by atoms with Crippen molar-refractivity contribution in [3.8, 4) is 0 Å². The minimum Gasteiger partial charge on any atom is -0.377 e. The summed E-state index contributed by atoms with van der Waals surface area (Å²) in [4.78, 5) is 0. The van der Waals surface area contributed by atoms with E-state index in [2.05, 4.69) is 12.2 Å². The molecule has 0 radical (unpaired) electrons. The van der Waals surface area contributed by atoms with Crippen LogP contribution in [0, 0.1) is 5.82 Å². The standard InChI is InChI=1S/C13H18FNO/c1-10(13-7-4-8-16-13)15-9-11-5-2-3-6-12(11)14/h2-3,5-6,10,13,15H,4,7-9H2,1H3. The molecular weight excluding hydrogens is 205 g/mol. The number of halogens is 1. The molecule has 3 heteroatoms. The van der Waals surface area contributed by atoms with Crippen LogP contribution in [0.1, 0.15) is 25.3 Å². The van der Waals surface area contributed by atoms with Crippen LogP contribution in [-0.2, 0) is 11.3 Å². The minimum absolute atomic E-state index is 0.144. The van der Waals surface area contributed by atoms with Gasteiger partial charge in [-0.1, -0.05) is 18.2 Å². The quantitative estimate of drug-likeness (QED) is 0.846. The van der Waals surface area contributed by atoms with Crippen LogP contribution in [0.15, 0.2) is 24.3 Å². The molecule has 1 aliphatic heterocycles. The fraction of sp³-hybridized carbons (Fsp3) is 0.538. The van der Waals surface area contributed by atoms with Crippen molar-refractivity contribution in [1.82, 2.24) is 5.32 Å². The largest absolute Gasteiger partial charge is 0.377 e.